The predicted octanol–water partition coefficient (Wildman–Crippen LogP) is 6.71. The number of aliphatic carboxylic acids is 1. The third kappa shape index (κ3) is 8.54. The van der Waals surface area contributed by atoms with Gasteiger partial charge in [0.2, 0.25) is 0 Å². The monoisotopic (exact) mass is 670 g/mol. The third-order valence-electron chi connectivity index (χ3n) is 8.86. The van der Waals surface area contributed by atoms with Crippen LogP contribution in [0.5, 0.6) is 0 Å². The highest BCUT2D eigenvalue weighted by Crippen LogP contribution is 2.43. The van der Waals surface area contributed by atoms with Crippen molar-refractivity contribution < 1.29 is 41.4 Å². The van der Waals surface area contributed by atoms with E-state index in [2.05, 4.69) is 26.4 Å². The molecular weight excluding hydrogens is 630 g/mol. The Balaban J connectivity index is 0.00000245. The molecule has 0 spiro atoms. The van der Waals surface area contributed by atoms with Crippen LogP contribution in [0.2, 0.25) is 0 Å². The summed E-state index contributed by atoms with van der Waals surface area (Å²) in [6.45, 7) is 5.04. The number of halogens is 6. The Morgan fingerprint density at radius 2 is 1.55 bits per heavy atom. The Morgan fingerprint density at radius 1 is 0.936 bits per heavy atom. The molecule has 0 bridgehead atoms. The molecule has 1 fully saturated rings. The zero-order valence-corrected chi connectivity index (χ0v) is 26.7. The standard InChI is InChI=1S/C31H36F6N6O2.CH4O/c1-18-11-19(2)27-25(12-18)26(5-4-10-42(27)16-20-6-8-22(9-7-20)28(44)45)43(29-38-40-41(3)39-29)17-21-13-23(30(32,33)34)15-24(14-21)31(35,36)37;1-2/h11-15,20,22,26H,4-10,16-17H2,1-3H3,(H,44,45);2H,1H3/t20-,22-,26-;/m0./s1. The SMILES string of the molecule is CO.Cc1cc(C)c2c(c1)[C@@H](N(Cc1cc(C(F)(F)F)cc(C(F)(F)F)c1)c1nnn(C)n1)CCCN2C[C@H]1CC[C@H](C(=O)O)CC1. The van der Waals surface area contributed by atoms with E-state index in [-0.39, 0.29) is 30.0 Å². The molecule has 2 aliphatic rings. The van der Waals surface area contributed by atoms with E-state index in [1.807, 2.05) is 19.9 Å². The summed E-state index contributed by atoms with van der Waals surface area (Å²) in [5.74, 6) is -0.690. The summed E-state index contributed by atoms with van der Waals surface area (Å²) in [6.07, 6.45) is -5.87. The first-order valence-electron chi connectivity index (χ1n) is 15.4. The second kappa shape index (κ2) is 14.5. The van der Waals surface area contributed by atoms with Crippen LogP contribution in [0.3, 0.4) is 0 Å². The van der Waals surface area contributed by atoms with Crippen molar-refractivity contribution in [1.82, 2.24) is 20.2 Å². The molecule has 5 rings (SSSR count). The molecule has 2 N–H and O–H groups in total. The molecule has 0 unspecified atom stereocenters. The Hall–Kier alpha value is -3.88. The first-order valence-corrected chi connectivity index (χ1v) is 15.4. The number of hydrogen-bond acceptors (Lipinski definition) is 7. The zero-order valence-electron chi connectivity index (χ0n) is 26.7. The van der Waals surface area contributed by atoms with Crippen LogP contribution in [0.1, 0.15) is 77.9 Å². The van der Waals surface area contributed by atoms with Crippen LogP contribution in [0.25, 0.3) is 0 Å². The number of rotatable bonds is 7. The van der Waals surface area contributed by atoms with Crippen LogP contribution in [0.4, 0.5) is 38.0 Å². The van der Waals surface area contributed by atoms with Gasteiger partial charge in [0.1, 0.15) is 0 Å². The van der Waals surface area contributed by atoms with Gasteiger partial charge in [-0.05, 0) is 98.4 Å². The van der Waals surface area contributed by atoms with Gasteiger partial charge in [0.25, 0.3) is 5.95 Å². The van der Waals surface area contributed by atoms with Crippen molar-refractivity contribution in [2.24, 2.45) is 18.9 Å². The minimum absolute atomic E-state index is 0.0963. The lowest BCUT2D eigenvalue weighted by atomic mass is 9.81. The van der Waals surface area contributed by atoms with Gasteiger partial charge >= 0.3 is 18.3 Å². The lowest BCUT2D eigenvalue weighted by molar-refractivity contribution is -0.144. The van der Waals surface area contributed by atoms with Crippen LogP contribution in [0, 0.1) is 25.7 Å². The van der Waals surface area contributed by atoms with E-state index in [1.165, 1.54) is 11.8 Å². The molecule has 1 aromatic heterocycles. The van der Waals surface area contributed by atoms with Crippen molar-refractivity contribution in [3.05, 3.63) is 63.7 Å². The summed E-state index contributed by atoms with van der Waals surface area (Å²) in [6, 6.07) is 5.23. The molecule has 0 radical (unpaired) electrons. The average Bonchev–Trinajstić information content (AvgIpc) is 3.35. The number of nitrogens with zero attached hydrogens (tertiary/aromatic N) is 6. The Labute approximate surface area is 269 Å². The number of alkyl halides is 6. The van der Waals surface area contributed by atoms with E-state index in [0.717, 1.165) is 61.0 Å². The summed E-state index contributed by atoms with van der Waals surface area (Å²) >= 11 is 0. The van der Waals surface area contributed by atoms with Crippen LogP contribution >= 0.6 is 0 Å². The fraction of sp³-hybridized carbons (Fsp3) is 0.562. The molecule has 1 aliphatic carbocycles. The number of aromatic nitrogens is 4. The van der Waals surface area contributed by atoms with Crippen LogP contribution < -0.4 is 9.80 Å². The third-order valence-corrected chi connectivity index (χ3v) is 8.86. The van der Waals surface area contributed by atoms with E-state index >= 15 is 0 Å². The molecular formula is C32H40F6N6O3. The maximum absolute atomic E-state index is 13.7. The minimum Gasteiger partial charge on any atom is -0.481 e. The number of carboxylic acid groups (broad SMARTS) is 1. The fourth-order valence-electron chi connectivity index (χ4n) is 6.85. The van der Waals surface area contributed by atoms with Gasteiger partial charge in [0.15, 0.2) is 0 Å². The first-order chi connectivity index (χ1) is 22.1. The Morgan fingerprint density at radius 3 is 2.09 bits per heavy atom. The predicted molar refractivity (Wildman–Crippen MR) is 163 cm³/mol. The van der Waals surface area contributed by atoms with Crippen LogP contribution in [-0.2, 0) is 30.7 Å². The molecule has 1 aliphatic heterocycles. The quantitative estimate of drug-likeness (QED) is 0.267. The highest BCUT2D eigenvalue weighted by atomic mass is 19.4. The summed E-state index contributed by atoms with van der Waals surface area (Å²) < 4.78 is 82.4. The maximum atomic E-state index is 13.7. The number of hydrogen-bond donors (Lipinski definition) is 2. The van der Waals surface area contributed by atoms with E-state index in [1.54, 1.807) is 4.90 Å². The van der Waals surface area contributed by atoms with Crippen molar-refractivity contribution in [2.75, 3.05) is 30.0 Å². The van der Waals surface area contributed by atoms with Crippen LogP contribution in [0.15, 0.2) is 30.3 Å². The smallest absolute Gasteiger partial charge is 0.416 e. The van der Waals surface area contributed by atoms with Gasteiger partial charge in [-0.1, -0.05) is 22.8 Å². The van der Waals surface area contributed by atoms with Crippen molar-refractivity contribution >= 4 is 17.6 Å². The number of tetrazole rings is 1. The molecule has 0 amide bonds. The molecule has 1 atom stereocenters. The first kappa shape index (κ1) is 36.0. The van der Waals surface area contributed by atoms with Crippen molar-refractivity contribution in [3.63, 3.8) is 0 Å². The molecule has 2 heterocycles. The zero-order chi connectivity index (χ0) is 34.7. The van der Waals surface area contributed by atoms with Gasteiger partial charge in [0, 0.05) is 32.4 Å². The van der Waals surface area contributed by atoms with E-state index in [9.17, 15) is 36.2 Å². The average molecular weight is 671 g/mol. The number of carboxylic acids is 1. The Kier molecular flexibility index (Phi) is 11.1. The highest BCUT2D eigenvalue weighted by Gasteiger charge is 2.38. The molecule has 47 heavy (non-hydrogen) atoms. The lowest BCUT2D eigenvalue weighted by Gasteiger charge is -2.36. The molecule has 15 heteroatoms. The Bertz CT molecular complexity index is 1500. The van der Waals surface area contributed by atoms with Crippen molar-refractivity contribution in [3.8, 4) is 0 Å². The molecule has 3 aromatic rings. The number of benzene rings is 2. The number of aliphatic hydroxyl groups excluding tert-OH is 1. The number of aryl methyl sites for hydroxylation is 3. The van der Waals surface area contributed by atoms with Gasteiger partial charge in [-0.25, -0.2) is 0 Å². The van der Waals surface area contributed by atoms with Crippen LogP contribution in [-0.4, -0.2) is 56.6 Å². The molecule has 0 saturated heterocycles. The summed E-state index contributed by atoms with van der Waals surface area (Å²) in [5.41, 5.74) is 0.892. The number of anilines is 2. The lowest BCUT2D eigenvalue weighted by Crippen LogP contribution is -2.34. The van der Waals surface area contributed by atoms with Gasteiger partial charge in [-0.2, -0.15) is 31.1 Å². The van der Waals surface area contributed by atoms with Crippen molar-refractivity contribution in [1.29, 1.82) is 0 Å². The number of carbonyl (C=O) groups is 1. The van der Waals surface area contributed by atoms with E-state index < -0.39 is 35.5 Å². The second-order valence-electron chi connectivity index (χ2n) is 12.3. The van der Waals surface area contributed by atoms with E-state index in [0.29, 0.717) is 38.1 Å². The molecule has 258 valence electrons. The maximum Gasteiger partial charge on any atom is 0.416 e. The van der Waals surface area contributed by atoms with Gasteiger partial charge in [0.05, 0.1) is 30.1 Å². The second-order valence-corrected chi connectivity index (χ2v) is 12.3. The van der Waals surface area contributed by atoms with Crippen molar-refractivity contribution in [2.45, 2.75) is 77.3 Å². The van der Waals surface area contributed by atoms with Gasteiger partial charge in [-0.3, -0.25) is 4.79 Å². The largest absolute Gasteiger partial charge is 0.481 e. The summed E-state index contributed by atoms with van der Waals surface area (Å²) in [5, 5.41) is 28.8. The fourth-order valence-corrected chi connectivity index (χ4v) is 6.85. The summed E-state index contributed by atoms with van der Waals surface area (Å²) in [7, 11) is 2.54. The number of fused-ring (bicyclic) bond motifs is 1. The number of aliphatic hydroxyl groups is 1. The minimum atomic E-state index is -4.97. The normalized spacial score (nSPS) is 20.1. The van der Waals surface area contributed by atoms with Gasteiger partial charge < -0.3 is 20.0 Å². The molecule has 1 saturated carbocycles. The molecule has 2 aromatic carbocycles. The molecule has 9 nitrogen and oxygen atoms in total. The van der Waals surface area contributed by atoms with Gasteiger partial charge in [-0.15, -0.1) is 5.10 Å². The topological polar surface area (TPSA) is 108 Å². The highest BCUT2D eigenvalue weighted by molar-refractivity contribution is 5.70. The van der Waals surface area contributed by atoms with E-state index in [4.69, 9.17) is 5.11 Å². The summed E-state index contributed by atoms with van der Waals surface area (Å²) in [4.78, 5) is 16.6.